The summed E-state index contributed by atoms with van der Waals surface area (Å²) in [5.74, 6) is 0.727. The summed E-state index contributed by atoms with van der Waals surface area (Å²) in [7, 11) is 3.79. The smallest absolute Gasteiger partial charge is 0.260 e. The second-order valence-corrected chi connectivity index (χ2v) is 7.01. The highest BCUT2D eigenvalue weighted by Crippen LogP contribution is 2.27. The number of amides is 1. The van der Waals surface area contributed by atoms with Gasteiger partial charge in [0, 0.05) is 25.3 Å². The molecule has 2 aromatic carbocycles. The van der Waals surface area contributed by atoms with Crippen LogP contribution in [0, 0.1) is 6.92 Å². The molecule has 1 amide bonds. The summed E-state index contributed by atoms with van der Waals surface area (Å²) < 4.78 is 6.31. The van der Waals surface area contributed by atoms with Crippen LogP contribution in [0.4, 0.5) is 10.7 Å². The molecule has 0 aliphatic rings. The van der Waals surface area contributed by atoms with Crippen LogP contribution in [0.5, 0.6) is 0 Å². The molecule has 0 atom stereocenters. The molecule has 0 aliphatic carbocycles. The van der Waals surface area contributed by atoms with Gasteiger partial charge in [0.15, 0.2) is 0 Å². The first-order valence-corrected chi connectivity index (χ1v) is 9.33. The number of hydrogen-bond acceptors (Lipinski definition) is 5. The summed E-state index contributed by atoms with van der Waals surface area (Å²) in [6.07, 6.45) is 0. The van der Waals surface area contributed by atoms with Crippen molar-refractivity contribution in [2.75, 3.05) is 17.7 Å². The van der Waals surface area contributed by atoms with Crippen molar-refractivity contribution in [3.8, 4) is 11.4 Å². The van der Waals surface area contributed by atoms with E-state index in [4.69, 9.17) is 4.98 Å². The molecule has 6 nitrogen and oxygen atoms in total. The first kappa shape index (κ1) is 17.2. The largest absolute Gasteiger partial charge is 0.378 e. The molecule has 0 unspecified atom stereocenters. The Morgan fingerprint density at radius 3 is 2.56 bits per heavy atom. The summed E-state index contributed by atoms with van der Waals surface area (Å²) in [6, 6.07) is 15.8. The van der Waals surface area contributed by atoms with Gasteiger partial charge in [0.25, 0.3) is 5.91 Å². The maximum atomic E-state index is 12.6. The highest BCUT2D eigenvalue weighted by Gasteiger charge is 2.18. The van der Waals surface area contributed by atoms with Crippen LogP contribution in [0.3, 0.4) is 0 Å². The summed E-state index contributed by atoms with van der Waals surface area (Å²) >= 11 is 1.29. The molecule has 7 heteroatoms. The molecular weight excluding hydrogens is 358 g/mol. The lowest BCUT2D eigenvalue weighted by Crippen LogP contribution is -2.14. The Morgan fingerprint density at radius 2 is 1.85 bits per heavy atom. The maximum Gasteiger partial charge on any atom is 0.260 e. The molecule has 0 saturated carbocycles. The van der Waals surface area contributed by atoms with Crippen molar-refractivity contribution in [3.05, 3.63) is 59.8 Å². The van der Waals surface area contributed by atoms with Gasteiger partial charge < -0.3 is 15.2 Å². The minimum absolute atomic E-state index is 0.166. The van der Waals surface area contributed by atoms with E-state index in [1.807, 2.05) is 56.4 Å². The lowest BCUT2D eigenvalue weighted by Gasteiger charge is -2.08. The van der Waals surface area contributed by atoms with Crippen molar-refractivity contribution in [2.45, 2.75) is 6.92 Å². The normalized spacial score (nSPS) is 10.9. The summed E-state index contributed by atoms with van der Waals surface area (Å²) in [6.45, 7) is 1.83. The number of benzene rings is 2. The molecular formula is C20H19N5OS. The zero-order valence-corrected chi connectivity index (χ0v) is 16.1. The fraction of sp³-hybridized carbons (Fsp3) is 0.150. The van der Waals surface area contributed by atoms with E-state index in [1.54, 1.807) is 7.05 Å². The van der Waals surface area contributed by atoms with Crippen LogP contribution in [0.1, 0.15) is 16.1 Å². The summed E-state index contributed by atoms with van der Waals surface area (Å²) in [5.41, 5.74) is 5.09. The van der Waals surface area contributed by atoms with Gasteiger partial charge in [-0.25, -0.2) is 4.98 Å². The van der Waals surface area contributed by atoms with Gasteiger partial charge in [0.2, 0.25) is 0 Å². The Hall–Kier alpha value is -3.19. The summed E-state index contributed by atoms with van der Waals surface area (Å²) in [4.78, 5) is 17.3. The monoisotopic (exact) mass is 377 g/mol. The Kier molecular flexibility index (Phi) is 4.37. The zero-order chi connectivity index (χ0) is 19.0. The predicted octanol–water partition coefficient (Wildman–Crippen LogP) is 4.30. The Bertz CT molecular complexity index is 1130. The molecule has 4 rings (SSSR count). The molecule has 0 spiro atoms. The molecule has 136 valence electrons. The third-order valence-electron chi connectivity index (χ3n) is 4.50. The molecule has 0 saturated heterocycles. The predicted molar refractivity (Wildman–Crippen MR) is 111 cm³/mol. The van der Waals surface area contributed by atoms with E-state index >= 15 is 0 Å². The number of anilines is 2. The van der Waals surface area contributed by atoms with Gasteiger partial charge >= 0.3 is 0 Å². The minimum atomic E-state index is -0.166. The highest BCUT2D eigenvalue weighted by atomic mass is 32.1. The van der Waals surface area contributed by atoms with Crippen LogP contribution >= 0.6 is 11.5 Å². The average Bonchev–Trinajstić information content (AvgIpc) is 3.23. The molecule has 0 bridgehead atoms. The van der Waals surface area contributed by atoms with Crippen molar-refractivity contribution in [2.24, 2.45) is 7.05 Å². The molecule has 27 heavy (non-hydrogen) atoms. The van der Waals surface area contributed by atoms with Gasteiger partial charge in [0.05, 0.1) is 22.3 Å². The molecule has 2 heterocycles. The maximum absolute atomic E-state index is 12.6. The number of fused-ring (bicyclic) bond motifs is 1. The fourth-order valence-corrected chi connectivity index (χ4v) is 3.85. The van der Waals surface area contributed by atoms with Crippen LogP contribution in [0.2, 0.25) is 0 Å². The van der Waals surface area contributed by atoms with E-state index < -0.39 is 0 Å². The number of carbonyl (C=O) groups excluding carboxylic acids is 1. The highest BCUT2D eigenvalue weighted by molar-refractivity contribution is 7.10. The molecule has 0 radical (unpaired) electrons. The van der Waals surface area contributed by atoms with E-state index in [0.717, 1.165) is 38.8 Å². The van der Waals surface area contributed by atoms with E-state index in [0.29, 0.717) is 5.56 Å². The van der Waals surface area contributed by atoms with Crippen molar-refractivity contribution >= 4 is 39.2 Å². The molecule has 0 fully saturated rings. The quantitative estimate of drug-likeness (QED) is 0.556. The van der Waals surface area contributed by atoms with Crippen molar-refractivity contribution in [1.29, 1.82) is 0 Å². The number of hydrogen-bond donors (Lipinski definition) is 2. The number of imidazole rings is 1. The number of rotatable bonds is 4. The van der Waals surface area contributed by atoms with Gasteiger partial charge in [0.1, 0.15) is 10.8 Å². The first-order valence-electron chi connectivity index (χ1n) is 8.55. The van der Waals surface area contributed by atoms with Crippen molar-refractivity contribution < 1.29 is 4.79 Å². The molecule has 4 aromatic rings. The third-order valence-corrected chi connectivity index (χ3v) is 5.46. The van der Waals surface area contributed by atoms with E-state index in [1.165, 1.54) is 11.5 Å². The number of nitrogens with one attached hydrogen (secondary N) is 2. The number of nitrogens with zero attached hydrogens (tertiary/aromatic N) is 3. The van der Waals surface area contributed by atoms with Gasteiger partial charge in [-0.2, -0.15) is 4.37 Å². The van der Waals surface area contributed by atoms with Gasteiger partial charge in [-0.1, -0.05) is 12.1 Å². The van der Waals surface area contributed by atoms with Crippen LogP contribution in [0.15, 0.2) is 48.5 Å². The molecule has 2 aromatic heterocycles. The minimum Gasteiger partial charge on any atom is -0.378 e. The zero-order valence-electron chi connectivity index (χ0n) is 15.3. The standard InChI is InChI=1S/C20H19N5OS/c1-12-17(20(21-2)27-24-12)19(26)22-14-10-8-13(9-11-14)18-23-15-6-4-5-7-16(15)25(18)3/h4-11,21H,1-3H3,(H,22,26). The fourth-order valence-electron chi connectivity index (χ4n) is 3.11. The van der Waals surface area contributed by atoms with Crippen molar-refractivity contribution in [3.63, 3.8) is 0 Å². The Morgan fingerprint density at radius 1 is 1.11 bits per heavy atom. The van der Waals surface area contributed by atoms with Crippen LogP contribution in [-0.2, 0) is 7.05 Å². The van der Waals surface area contributed by atoms with Gasteiger partial charge in [-0.3, -0.25) is 4.79 Å². The van der Waals surface area contributed by atoms with Crippen LogP contribution in [-0.4, -0.2) is 26.9 Å². The Labute approximate surface area is 161 Å². The SMILES string of the molecule is CNc1snc(C)c1C(=O)Nc1ccc(-c2nc3ccccc3n2C)cc1. The van der Waals surface area contributed by atoms with E-state index in [9.17, 15) is 4.79 Å². The summed E-state index contributed by atoms with van der Waals surface area (Å²) in [5, 5.41) is 6.72. The molecule has 2 N–H and O–H groups in total. The van der Waals surface area contributed by atoms with Gasteiger partial charge in [-0.05, 0) is 54.9 Å². The second-order valence-electron chi connectivity index (χ2n) is 6.24. The number of aryl methyl sites for hydroxylation is 2. The lowest BCUT2D eigenvalue weighted by atomic mass is 10.1. The third kappa shape index (κ3) is 3.06. The number of para-hydroxylation sites is 2. The first-order chi connectivity index (χ1) is 13.1. The van der Waals surface area contributed by atoms with Crippen LogP contribution < -0.4 is 10.6 Å². The number of aromatic nitrogens is 3. The average molecular weight is 377 g/mol. The van der Waals surface area contributed by atoms with E-state index in [-0.39, 0.29) is 5.91 Å². The van der Waals surface area contributed by atoms with Gasteiger partial charge in [-0.15, -0.1) is 0 Å². The van der Waals surface area contributed by atoms with Crippen molar-refractivity contribution in [1.82, 2.24) is 13.9 Å². The van der Waals surface area contributed by atoms with Crippen LogP contribution in [0.25, 0.3) is 22.4 Å². The topological polar surface area (TPSA) is 71.8 Å². The van der Waals surface area contributed by atoms with E-state index in [2.05, 4.69) is 25.6 Å². The molecule has 0 aliphatic heterocycles. The second kappa shape index (κ2) is 6.85. The number of carbonyl (C=O) groups is 1. The Balaban J connectivity index is 1.59. The lowest BCUT2D eigenvalue weighted by molar-refractivity contribution is 0.102.